The number of hydrogen-bond acceptors (Lipinski definition) is 4. The lowest BCUT2D eigenvalue weighted by Crippen LogP contribution is -2.13. The molecule has 0 bridgehead atoms. The van der Waals surface area contributed by atoms with Gasteiger partial charge in [-0.3, -0.25) is 4.68 Å². The van der Waals surface area contributed by atoms with Crippen LogP contribution in [0.5, 0.6) is 0 Å². The van der Waals surface area contributed by atoms with Crippen LogP contribution < -0.4 is 5.73 Å². The number of aryl methyl sites for hydroxylation is 2. The predicted molar refractivity (Wildman–Crippen MR) is 76.5 cm³/mol. The molecule has 0 saturated carbocycles. The second-order valence-electron chi connectivity index (χ2n) is 4.22. The van der Waals surface area contributed by atoms with Gasteiger partial charge in [-0.1, -0.05) is 23.4 Å². The van der Waals surface area contributed by atoms with Gasteiger partial charge >= 0.3 is 0 Å². The highest BCUT2D eigenvalue weighted by Gasteiger charge is 2.05. The summed E-state index contributed by atoms with van der Waals surface area (Å²) in [6, 6.07) is 9.71. The Morgan fingerprint density at radius 3 is 2.89 bits per heavy atom. The second kappa shape index (κ2) is 5.79. The lowest BCUT2D eigenvalue weighted by Gasteiger charge is -2.04. The molecule has 0 spiro atoms. The van der Waals surface area contributed by atoms with E-state index in [4.69, 9.17) is 10.9 Å². The predicted octanol–water partition coefficient (Wildman–Crippen LogP) is 2.12. The van der Waals surface area contributed by atoms with Gasteiger partial charge in [0.1, 0.15) is 0 Å². The minimum atomic E-state index is 0.128. The summed E-state index contributed by atoms with van der Waals surface area (Å²) in [7, 11) is 1.93. The van der Waals surface area contributed by atoms with Crippen molar-refractivity contribution < 1.29 is 5.21 Å². The maximum atomic E-state index is 8.67. The van der Waals surface area contributed by atoms with Gasteiger partial charge in [-0.05, 0) is 24.6 Å². The van der Waals surface area contributed by atoms with E-state index < -0.39 is 0 Å². The lowest BCUT2D eigenvalue weighted by atomic mass is 10.1. The largest absolute Gasteiger partial charge is 0.409 e. The van der Waals surface area contributed by atoms with Gasteiger partial charge in [0.25, 0.3) is 0 Å². The molecule has 5 nitrogen and oxygen atoms in total. The minimum Gasteiger partial charge on any atom is -0.409 e. The van der Waals surface area contributed by atoms with E-state index in [1.807, 2.05) is 42.9 Å². The number of nitrogens with zero attached hydrogens (tertiary/aromatic N) is 3. The summed E-state index contributed by atoms with van der Waals surface area (Å²) >= 11 is 1.71. The van der Waals surface area contributed by atoms with Gasteiger partial charge in [0, 0.05) is 18.4 Å². The third-order valence-corrected chi connectivity index (χ3v) is 3.83. The monoisotopic (exact) mass is 276 g/mol. The number of benzene rings is 1. The average molecular weight is 276 g/mol. The number of oxime groups is 1. The Kier molecular flexibility index (Phi) is 4.11. The fourth-order valence-corrected chi connectivity index (χ4v) is 2.73. The van der Waals surface area contributed by atoms with Crippen LogP contribution in [0, 0.1) is 6.92 Å². The zero-order valence-corrected chi connectivity index (χ0v) is 11.7. The number of thioether (sulfide) groups is 1. The highest BCUT2D eigenvalue weighted by molar-refractivity contribution is 7.98. The summed E-state index contributed by atoms with van der Waals surface area (Å²) in [5, 5.41) is 17.1. The van der Waals surface area contributed by atoms with Crippen LogP contribution in [0.3, 0.4) is 0 Å². The standard InChI is InChI=1S/C13H16N4OS/c1-9-6-12(17(2)15-9)19-8-10-4-3-5-11(7-10)13(14)16-18/h3-7,18H,8H2,1-2H3,(H2,14,16). The second-order valence-corrected chi connectivity index (χ2v) is 5.22. The number of aromatic nitrogens is 2. The molecule has 0 saturated heterocycles. The molecule has 0 amide bonds. The van der Waals surface area contributed by atoms with E-state index in [9.17, 15) is 0 Å². The normalized spacial score (nSPS) is 11.8. The Labute approximate surface area is 116 Å². The Bertz CT molecular complexity index is 606. The van der Waals surface area contributed by atoms with Crippen LogP contribution >= 0.6 is 11.8 Å². The highest BCUT2D eigenvalue weighted by atomic mass is 32.2. The first-order valence-corrected chi connectivity index (χ1v) is 6.79. The van der Waals surface area contributed by atoms with E-state index in [1.54, 1.807) is 11.8 Å². The van der Waals surface area contributed by atoms with Crippen LogP contribution in [0.25, 0.3) is 0 Å². The molecular weight excluding hydrogens is 260 g/mol. The van der Waals surface area contributed by atoms with E-state index in [-0.39, 0.29) is 5.84 Å². The summed E-state index contributed by atoms with van der Waals surface area (Å²) < 4.78 is 1.87. The van der Waals surface area contributed by atoms with Gasteiger partial charge in [-0.25, -0.2) is 0 Å². The van der Waals surface area contributed by atoms with Crippen LogP contribution in [0.2, 0.25) is 0 Å². The van der Waals surface area contributed by atoms with E-state index >= 15 is 0 Å². The summed E-state index contributed by atoms with van der Waals surface area (Å²) in [6.45, 7) is 1.98. The molecule has 1 aromatic carbocycles. The average Bonchev–Trinajstić information content (AvgIpc) is 2.74. The Morgan fingerprint density at radius 2 is 2.26 bits per heavy atom. The molecule has 6 heteroatoms. The van der Waals surface area contributed by atoms with E-state index in [1.165, 1.54) is 0 Å². The van der Waals surface area contributed by atoms with Crippen molar-refractivity contribution in [2.45, 2.75) is 17.7 Å². The van der Waals surface area contributed by atoms with Gasteiger partial charge in [-0.15, -0.1) is 11.8 Å². The van der Waals surface area contributed by atoms with Crippen LogP contribution in [0.1, 0.15) is 16.8 Å². The van der Waals surface area contributed by atoms with Crippen molar-refractivity contribution in [3.05, 3.63) is 47.2 Å². The molecule has 3 N–H and O–H groups in total. The molecule has 0 fully saturated rings. The minimum absolute atomic E-state index is 0.128. The zero-order chi connectivity index (χ0) is 13.8. The quantitative estimate of drug-likeness (QED) is 0.295. The summed E-state index contributed by atoms with van der Waals surface area (Å²) in [5.74, 6) is 0.939. The fraction of sp³-hybridized carbons (Fsp3) is 0.231. The first-order valence-electron chi connectivity index (χ1n) is 5.80. The lowest BCUT2D eigenvalue weighted by molar-refractivity contribution is 0.318. The van der Waals surface area contributed by atoms with Crippen molar-refractivity contribution in [2.75, 3.05) is 0 Å². The van der Waals surface area contributed by atoms with Crippen LogP contribution in [-0.2, 0) is 12.8 Å². The van der Waals surface area contributed by atoms with Crippen LogP contribution in [0.4, 0.5) is 0 Å². The maximum Gasteiger partial charge on any atom is 0.170 e. The molecule has 0 aliphatic heterocycles. The zero-order valence-electron chi connectivity index (χ0n) is 10.9. The first kappa shape index (κ1) is 13.5. The Balaban J connectivity index is 2.10. The van der Waals surface area contributed by atoms with E-state index in [0.29, 0.717) is 0 Å². The molecule has 1 heterocycles. The first-order chi connectivity index (χ1) is 9.10. The molecule has 0 aliphatic rings. The smallest absolute Gasteiger partial charge is 0.170 e. The molecule has 0 unspecified atom stereocenters. The van der Waals surface area contributed by atoms with Gasteiger partial charge in [0.05, 0.1) is 10.7 Å². The van der Waals surface area contributed by atoms with Crippen molar-refractivity contribution in [3.8, 4) is 0 Å². The molecule has 0 aliphatic carbocycles. The summed E-state index contributed by atoms with van der Waals surface area (Å²) in [5.41, 5.74) is 8.43. The van der Waals surface area contributed by atoms with Gasteiger partial charge in [0.2, 0.25) is 0 Å². The van der Waals surface area contributed by atoms with Gasteiger partial charge in [0.15, 0.2) is 5.84 Å². The van der Waals surface area contributed by atoms with Gasteiger partial charge in [-0.2, -0.15) is 5.10 Å². The number of nitrogens with two attached hydrogens (primary N) is 1. The SMILES string of the molecule is Cc1cc(SCc2cccc(C(N)=NO)c2)n(C)n1. The molecule has 100 valence electrons. The number of hydrogen-bond donors (Lipinski definition) is 2. The molecule has 19 heavy (non-hydrogen) atoms. The Hall–Kier alpha value is -1.95. The van der Waals surface area contributed by atoms with Crippen molar-refractivity contribution in [1.29, 1.82) is 0 Å². The number of amidine groups is 1. The molecule has 2 aromatic rings. The molecule has 0 radical (unpaired) electrons. The molecule has 2 rings (SSSR count). The van der Waals surface area contributed by atoms with Crippen LogP contribution in [-0.4, -0.2) is 20.8 Å². The van der Waals surface area contributed by atoms with Crippen molar-refractivity contribution in [1.82, 2.24) is 9.78 Å². The third-order valence-electron chi connectivity index (χ3n) is 2.68. The summed E-state index contributed by atoms with van der Waals surface area (Å²) in [6.07, 6.45) is 0. The maximum absolute atomic E-state index is 8.67. The Morgan fingerprint density at radius 1 is 1.47 bits per heavy atom. The van der Waals surface area contributed by atoms with E-state index in [2.05, 4.69) is 16.3 Å². The highest BCUT2D eigenvalue weighted by Crippen LogP contribution is 2.23. The van der Waals surface area contributed by atoms with Crippen molar-refractivity contribution in [3.63, 3.8) is 0 Å². The molecule has 0 atom stereocenters. The van der Waals surface area contributed by atoms with Gasteiger partial charge < -0.3 is 10.9 Å². The van der Waals surface area contributed by atoms with E-state index in [0.717, 1.165) is 27.6 Å². The summed E-state index contributed by atoms with van der Waals surface area (Å²) in [4.78, 5) is 0. The van der Waals surface area contributed by atoms with Crippen LogP contribution in [0.15, 0.2) is 40.5 Å². The number of rotatable bonds is 4. The van der Waals surface area contributed by atoms with Crippen molar-refractivity contribution >= 4 is 17.6 Å². The van der Waals surface area contributed by atoms with Crippen molar-refractivity contribution in [2.24, 2.45) is 17.9 Å². The topological polar surface area (TPSA) is 76.4 Å². The molecular formula is C13H16N4OS. The molecule has 1 aromatic heterocycles. The third kappa shape index (κ3) is 3.29. The fourth-order valence-electron chi connectivity index (χ4n) is 1.76.